The maximum Gasteiger partial charge on any atom is 0.354 e. The van der Waals surface area contributed by atoms with Crippen LogP contribution in [0.5, 0.6) is 0 Å². The first-order valence-corrected chi connectivity index (χ1v) is 6.19. The van der Waals surface area contributed by atoms with Gasteiger partial charge in [-0.15, -0.1) is 0 Å². The first kappa shape index (κ1) is 13.8. The highest BCUT2D eigenvalue weighted by atomic mass is 16.4. The molecule has 0 bridgehead atoms. The molecule has 0 spiro atoms. The van der Waals surface area contributed by atoms with Crippen molar-refractivity contribution in [1.82, 2.24) is 9.78 Å². The second-order valence-corrected chi connectivity index (χ2v) is 4.31. The molecule has 0 aliphatic carbocycles. The highest BCUT2D eigenvalue weighted by Gasteiger charge is 2.17. The maximum absolute atomic E-state index is 12.1. The lowest BCUT2D eigenvalue weighted by Crippen LogP contribution is -2.14. The Labute approximate surface area is 116 Å². The number of carboxylic acid groups (broad SMARTS) is 1. The SMILES string of the molecule is CCc1ccccc1NC(=O)c1cc(C(=O)O)n(C)n1. The molecule has 104 valence electrons. The van der Waals surface area contributed by atoms with Crippen LogP contribution in [0, 0.1) is 0 Å². The Morgan fingerprint density at radius 1 is 1.35 bits per heavy atom. The van der Waals surface area contributed by atoms with E-state index in [0.29, 0.717) is 5.69 Å². The minimum absolute atomic E-state index is 0.0288. The van der Waals surface area contributed by atoms with Crippen molar-refractivity contribution in [3.05, 3.63) is 47.3 Å². The monoisotopic (exact) mass is 273 g/mol. The average molecular weight is 273 g/mol. The summed E-state index contributed by atoms with van der Waals surface area (Å²) in [6, 6.07) is 8.72. The Hall–Kier alpha value is -2.63. The molecule has 0 aliphatic rings. The number of benzene rings is 1. The standard InChI is InChI=1S/C14H15N3O3/c1-3-9-6-4-5-7-10(9)15-13(18)11-8-12(14(19)20)17(2)16-11/h4-8H,3H2,1-2H3,(H,15,18)(H,19,20). The number of carbonyl (C=O) groups excluding carboxylic acids is 1. The Balaban J connectivity index is 2.24. The summed E-state index contributed by atoms with van der Waals surface area (Å²) in [6.07, 6.45) is 0.791. The molecular weight excluding hydrogens is 258 g/mol. The number of nitrogens with one attached hydrogen (secondary N) is 1. The van der Waals surface area contributed by atoms with Crippen LogP contribution in [0.3, 0.4) is 0 Å². The van der Waals surface area contributed by atoms with Crippen molar-refractivity contribution in [2.45, 2.75) is 13.3 Å². The molecule has 0 fully saturated rings. The molecule has 0 unspecified atom stereocenters. The van der Waals surface area contributed by atoms with Crippen molar-refractivity contribution in [1.29, 1.82) is 0 Å². The number of aromatic carboxylic acids is 1. The van der Waals surface area contributed by atoms with Crippen molar-refractivity contribution in [2.75, 3.05) is 5.32 Å². The van der Waals surface area contributed by atoms with Gasteiger partial charge in [0.25, 0.3) is 5.91 Å². The van der Waals surface area contributed by atoms with Crippen LogP contribution in [0.4, 0.5) is 5.69 Å². The van der Waals surface area contributed by atoms with Crippen LogP contribution in [-0.4, -0.2) is 26.8 Å². The number of aromatic nitrogens is 2. The molecule has 20 heavy (non-hydrogen) atoms. The lowest BCUT2D eigenvalue weighted by molar-refractivity contribution is 0.0685. The summed E-state index contributed by atoms with van der Waals surface area (Å²) < 4.78 is 1.17. The summed E-state index contributed by atoms with van der Waals surface area (Å²) in [4.78, 5) is 23.0. The van der Waals surface area contributed by atoms with Gasteiger partial charge in [-0.1, -0.05) is 25.1 Å². The van der Waals surface area contributed by atoms with E-state index in [0.717, 1.165) is 12.0 Å². The fraction of sp³-hybridized carbons (Fsp3) is 0.214. The van der Waals surface area contributed by atoms with Gasteiger partial charge < -0.3 is 10.4 Å². The Kier molecular flexibility index (Phi) is 3.84. The van der Waals surface area contributed by atoms with E-state index >= 15 is 0 Å². The number of carboxylic acids is 1. The van der Waals surface area contributed by atoms with Gasteiger partial charge in [-0.25, -0.2) is 4.79 Å². The number of aryl methyl sites for hydroxylation is 2. The molecule has 2 aromatic rings. The van der Waals surface area contributed by atoms with Gasteiger partial charge in [-0.3, -0.25) is 9.48 Å². The molecule has 1 aromatic carbocycles. The molecule has 6 heteroatoms. The largest absolute Gasteiger partial charge is 0.477 e. The van der Waals surface area contributed by atoms with Gasteiger partial charge in [0.15, 0.2) is 5.69 Å². The third-order valence-corrected chi connectivity index (χ3v) is 2.98. The molecule has 2 rings (SSSR count). The second kappa shape index (κ2) is 5.56. The zero-order chi connectivity index (χ0) is 14.7. The quantitative estimate of drug-likeness (QED) is 0.891. The fourth-order valence-electron chi connectivity index (χ4n) is 1.92. The van der Waals surface area contributed by atoms with E-state index in [4.69, 9.17) is 5.11 Å². The van der Waals surface area contributed by atoms with Gasteiger partial charge >= 0.3 is 5.97 Å². The topological polar surface area (TPSA) is 84.2 Å². The van der Waals surface area contributed by atoms with Gasteiger partial charge in [0.1, 0.15) is 5.69 Å². The first-order valence-electron chi connectivity index (χ1n) is 6.19. The summed E-state index contributed by atoms with van der Waals surface area (Å²) in [5, 5.41) is 15.6. The summed E-state index contributed by atoms with van der Waals surface area (Å²) in [6.45, 7) is 1.99. The predicted molar refractivity (Wildman–Crippen MR) is 73.9 cm³/mol. The van der Waals surface area contributed by atoms with Crippen LogP contribution < -0.4 is 5.32 Å². The Morgan fingerprint density at radius 2 is 2.05 bits per heavy atom. The lowest BCUT2D eigenvalue weighted by atomic mass is 10.1. The molecule has 0 saturated carbocycles. The number of anilines is 1. The van der Waals surface area contributed by atoms with Crippen LogP contribution in [0.15, 0.2) is 30.3 Å². The number of hydrogen-bond donors (Lipinski definition) is 2. The molecule has 0 atom stereocenters. The summed E-state index contributed by atoms with van der Waals surface area (Å²) in [5.41, 5.74) is 1.77. The van der Waals surface area contributed by atoms with E-state index in [9.17, 15) is 9.59 Å². The number of hydrogen-bond acceptors (Lipinski definition) is 3. The highest BCUT2D eigenvalue weighted by Crippen LogP contribution is 2.16. The first-order chi connectivity index (χ1) is 9.52. The molecule has 0 radical (unpaired) electrons. The van der Waals surface area contributed by atoms with Gasteiger partial charge in [-0.2, -0.15) is 5.10 Å². The van der Waals surface area contributed by atoms with Crippen LogP contribution >= 0.6 is 0 Å². The van der Waals surface area contributed by atoms with E-state index < -0.39 is 11.9 Å². The van der Waals surface area contributed by atoms with E-state index in [1.165, 1.54) is 17.8 Å². The third kappa shape index (κ3) is 2.69. The van der Waals surface area contributed by atoms with Crippen LogP contribution in [0.2, 0.25) is 0 Å². The molecule has 2 N–H and O–H groups in total. The van der Waals surface area contributed by atoms with Crippen LogP contribution in [-0.2, 0) is 13.5 Å². The molecule has 0 saturated heterocycles. The van der Waals surface area contributed by atoms with E-state index in [1.54, 1.807) is 6.07 Å². The Bertz CT molecular complexity index is 661. The number of amides is 1. The van der Waals surface area contributed by atoms with Crippen molar-refractivity contribution >= 4 is 17.6 Å². The summed E-state index contributed by atoms with van der Waals surface area (Å²) in [7, 11) is 1.49. The lowest BCUT2D eigenvalue weighted by Gasteiger charge is -2.08. The van der Waals surface area contributed by atoms with Gasteiger partial charge in [0.05, 0.1) is 0 Å². The van der Waals surface area contributed by atoms with E-state index in [1.807, 2.05) is 25.1 Å². The molecule has 1 amide bonds. The van der Waals surface area contributed by atoms with E-state index in [-0.39, 0.29) is 11.4 Å². The van der Waals surface area contributed by atoms with Gasteiger partial charge in [0, 0.05) is 18.8 Å². The number of para-hydroxylation sites is 1. The van der Waals surface area contributed by atoms with Crippen molar-refractivity contribution in [2.24, 2.45) is 7.05 Å². The zero-order valence-electron chi connectivity index (χ0n) is 11.3. The third-order valence-electron chi connectivity index (χ3n) is 2.98. The molecule has 0 aliphatic heterocycles. The maximum atomic E-state index is 12.1. The minimum Gasteiger partial charge on any atom is -0.477 e. The van der Waals surface area contributed by atoms with Gasteiger partial charge in [-0.05, 0) is 18.1 Å². The zero-order valence-corrected chi connectivity index (χ0v) is 11.3. The van der Waals surface area contributed by atoms with Crippen LogP contribution in [0.1, 0.15) is 33.5 Å². The molecule has 6 nitrogen and oxygen atoms in total. The molecular formula is C14H15N3O3. The normalized spacial score (nSPS) is 10.3. The summed E-state index contributed by atoms with van der Waals surface area (Å²) in [5.74, 6) is -1.54. The van der Waals surface area contributed by atoms with Crippen LogP contribution in [0.25, 0.3) is 0 Å². The number of nitrogens with zero attached hydrogens (tertiary/aromatic N) is 2. The smallest absolute Gasteiger partial charge is 0.354 e. The summed E-state index contributed by atoms with van der Waals surface area (Å²) >= 11 is 0. The highest BCUT2D eigenvalue weighted by molar-refractivity contribution is 6.04. The second-order valence-electron chi connectivity index (χ2n) is 4.31. The number of carbonyl (C=O) groups is 2. The fourth-order valence-corrected chi connectivity index (χ4v) is 1.92. The van der Waals surface area contributed by atoms with Gasteiger partial charge in [0.2, 0.25) is 0 Å². The van der Waals surface area contributed by atoms with Crippen molar-refractivity contribution in [3.63, 3.8) is 0 Å². The average Bonchev–Trinajstić information content (AvgIpc) is 2.81. The molecule has 1 heterocycles. The van der Waals surface area contributed by atoms with Crippen molar-refractivity contribution < 1.29 is 14.7 Å². The van der Waals surface area contributed by atoms with Crippen molar-refractivity contribution in [3.8, 4) is 0 Å². The minimum atomic E-state index is -1.12. The Morgan fingerprint density at radius 3 is 2.65 bits per heavy atom. The van der Waals surface area contributed by atoms with E-state index in [2.05, 4.69) is 10.4 Å². The number of rotatable bonds is 4. The molecule has 1 aromatic heterocycles. The predicted octanol–water partition coefficient (Wildman–Crippen LogP) is 1.93.